The van der Waals surface area contributed by atoms with E-state index in [2.05, 4.69) is 32.7 Å². The van der Waals surface area contributed by atoms with Crippen LogP contribution in [0.3, 0.4) is 0 Å². The van der Waals surface area contributed by atoms with Crippen LogP contribution in [0.1, 0.15) is 11.1 Å². The van der Waals surface area contributed by atoms with Crippen molar-refractivity contribution in [2.45, 2.75) is 13.0 Å². The van der Waals surface area contributed by atoms with E-state index >= 15 is 0 Å². The number of benzene rings is 1. The Hall–Kier alpha value is -2.03. The van der Waals surface area contributed by atoms with Crippen LogP contribution in [0.2, 0.25) is 0 Å². The van der Waals surface area contributed by atoms with Gasteiger partial charge in [0.05, 0.1) is 14.2 Å². The van der Waals surface area contributed by atoms with Crippen molar-refractivity contribution in [2.24, 2.45) is 4.99 Å². The summed E-state index contributed by atoms with van der Waals surface area (Å²) in [4.78, 5) is 8.33. The molecule has 0 radical (unpaired) electrons. The molecular weight excluding hydrogens is 431 g/mol. The summed E-state index contributed by atoms with van der Waals surface area (Å²) in [5, 5.41) is 6.58. The van der Waals surface area contributed by atoms with Gasteiger partial charge in [0.2, 0.25) is 5.88 Å². The van der Waals surface area contributed by atoms with Crippen LogP contribution in [-0.2, 0) is 13.0 Å². The molecule has 1 aromatic heterocycles. The van der Waals surface area contributed by atoms with E-state index in [1.807, 2.05) is 24.3 Å². The van der Waals surface area contributed by atoms with Gasteiger partial charge in [0.1, 0.15) is 5.75 Å². The van der Waals surface area contributed by atoms with Crippen LogP contribution < -0.4 is 20.1 Å². The smallest absolute Gasteiger partial charge is 0.213 e. The van der Waals surface area contributed by atoms with Crippen molar-refractivity contribution >= 4 is 29.9 Å². The van der Waals surface area contributed by atoms with E-state index < -0.39 is 0 Å². The third-order valence-electron chi connectivity index (χ3n) is 3.56. The van der Waals surface area contributed by atoms with Gasteiger partial charge in [-0.15, -0.1) is 24.0 Å². The average Bonchev–Trinajstić information content (AvgIpc) is 2.65. The van der Waals surface area contributed by atoms with Gasteiger partial charge in [-0.3, -0.25) is 4.99 Å². The van der Waals surface area contributed by atoms with Gasteiger partial charge in [0, 0.05) is 32.4 Å². The number of halogens is 1. The van der Waals surface area contributed by atoms with Crippen molar-refractivity contribution in [3.8, 4) is 11.6 Å². The minimum atomic E-state index is 0. The lowest BCUT2D eigenvalue weighted by Crippen LogP contribution is -2.37. The normalized spacial score (nSPS) is 10.6. The molecule has 0 saturated heterocycles. The molecule has 0 fully saturated rings. The summed E-state index contributed by atoms with van der Waals surface area (Å²) in [5.74, 6) is 2.24. The Balaban J connectivity index is 0.00000312. The van der Waals surface area contributed by atoms with E-state index in [0.717, 1.165) is 30.2 Å². The van der Waals surface area contributed by atoms with Gasteiger partial charge < -0.3 is 20.1 Å². The maximum absolute atomic E-state index is 5.16. The van der Waals surface area contributed by atoms with Gasteiger partial charge in [-0.1, -0.05) is 12.1 Å². The number of ether oxygens (including phenoxy) is 2. The minimum Gasteiger partial charge on any atom is -0.497 e. The summed E-state index contributed by atoms with van der Waals surface area (Å²) >= 11 is 0. The second-order valence-electron chi connectivity index (χ2n) is 5.16. The van der Waals surface area contributed by atoms with Crippen LogP contribution in [0.25, 0.3) is 0 Å². The fourth-order valence-electron chi connectivity index (χ4n) is 2.20. The number of methoxy groups -OCH3 is 2. The van der Waals surface area contributed by atoms with Gasteiger partial charge in [-0.05, 0) is 35.7 Å². The molecule has 2 N–H and O–H groups in total. The van der Waals surface area contributed by atoms with Crippen molar-refractivity contribution in [3.05, 3.63) is 53.7 Å². The topological polar surface area (TPSA) is 67.8 Å². The Morgan fingerprint density at radius 2 is 1.80 bits per heavy atom. The predicted octanol–water partition coefficient (Wildman–Crippen LogP) is 2.62. The molecule has 7 heteroatoms. The van der Waals surface area contributed by atoms with E-state index in [1.54, 1.807) is 27.5 Å². The van der Waals surface area contributed by atoms with Crippen LogP contribution >= 0.6 is 24.0 Å². The van der Waals surface area contributed by atoms with Gasteiger partial charge in [-0.2, -0.15) is 0 Å². The summed E-state index contributed by atoms with van der Waals surface area (Å²) in [7, 11) is 5.04. The largest absolute Gasteiger partial charge is 0.497 e. The maximum Gasteiger partial charge on any atom is 0.213 e. The van der Waals surface area contributed by atoms with E-state index in [-0.39, 0.29) is 24.0 Å². The fourth-order valence-corrected chi connectivity index (χ4v) is 2.20. The molecule has 1 aromatic carbocycles. The Morgan fingerprint density at radius 3 is 2.44 bits per heavy atom. The number of aliphatic imine (C=N–C) groups is 1. The molecule has 0 aliphatic carbocycles. The zero-order chi connectivity index (χ0) is 17.2. The lowest BCUT2D eigenvalue weighted by molar-refractivity contribution is 0.397. The molecule has 2 rings (SSSR count). The summed E-state index contributed by atoms with van der Waals surface area (Å²) in [6, 6.07) is 11.9. The summed E-state index contributed by atoms with van der Waals surface area (Å²) in [6.45, 7) is 1.45. The lowest BCUT2D eigenvalue weighted by Gasteiger charge is -2.12. The molecular formula is C18H25IN4O2. The zero-order valence-corrected chi connectivity index (χ0v) is 17.1. The van der Waals surface area contributed by atoms with Gasteiger partial charge in [0.25, 0.3) is 0 Å². The first-order chi connectivity index (χ1) is 11.7. The molecule has 2 aromatic rings. The zero-order valence-electron chi connectivity index (χ0n) is 14.8. The Labute approximate surface area is 166 Å². The summed E-state index contributed by atoms with van der Waals surface area (Å²) in [5.41, 5.74) is 2.33. The van der Waals surface area contributed by atoms with Gasteiger partial charge in [0.15, 0.2) is 5.96 Å². The molecule has 25 heavy (non-hydrogen) atoms. The van der Waals surface area contributed by atoms with Gasteiger partial charge in [-0.25, -0.2) is 4.98 Å². The highest BCUT2D eigenvalue weighted by Gasteiger charge is 2.01. The van der Waals surface area contributed by atoms with Crippen LogP contribution in [0.15, 0.2) is 47.6 Å². The van der Waals surface area contributed by atoms with Crippen LogP contribution in [0, 0.1) is 0 Å². The average molecular weight is 456 g/mol. The molecule has 0 atom stereocenters. The van der Waals surface area contributed by atoms with Crippen molar-refractivity contribution in [1.29, 1.82) is 0 Å². The highest BCUT2D eigenvalue weighted by atomic mass is 127. The second kappa shape index (κ2) is 11.5. The molecule has 0 saturated carbocycles. The van der Waals surface area contributed by atoms with E-state index in [0.29, 0.717) is 12.4 Å². The molecule has 0 spiro atoms. The quantitative estimate of drug-likeness (QED) is 0.381. The van der Waals surface area contributed by atoms with Gasteiger partial charge >= 0.3 is 0 Å². The van der Waals surface area contributed by atoms with Crippen molar-refractivity contribution in [3.63, 3.8) is 0 Å². The lowest BCUT2D eigenvalue weighted by atomic mass is 10.1. The molecule has 0 unspecified atom stereocenters. The number of hydrogen-bond acceptors (Lipinski definition) is 4. The minimum absolute atomic E-state index is 0. The molecule has 0 amide bonds. The number of hydrogen-bond donors (Lipinski definition) is 2. The van der Waals surface area contributed by atoms with Crippen LogP contribution in [0.4, 0.5) is 0 Å². The molecule has 6 nitrogen and oxygen atoms in total. The Kier molecular flexibility index (Phi) is 9.68. The highest BCUT2D eigenvalue weighted by Crippen LogP contribution is 2.11. The molecule has 1 heterocycles. The van der Waals surface area contributed by atoms with Crippen molar-refractivity contribution < 1.29 is 9.47 Å². The number of pyridine rings is 1. The fraction of sp³-hybridized carbons (Fsp3) is 0.333. The number of guanidine groups is 1. The van der Waals surface area contributed by atoms with E-state index in [1.165, 1.54) is 5.56 Å². The number of aromatic nitrogens is 1. The second-order valence-corrected chi connectivity index (χ2v) is 5.16. The first-order valence-corrected chi connectivity index (χ1v) is 7.81. The Bertz CT molecular complexity index is 662. The molecule has 136 valence electrons. The number of nitrogens with one attached hydrogen (secondary N) is 2. The van der Waals surface area contributed by atoms with Crippen LogP contribution in [-0.4, -0.2) is 38.8 Å². The molecule has 0 bridgehead atoms. The Morgan fingerprint density at radius 1 is 1.04 bits per heavy atom. The third-order valence-corrected chi connectivity index (χ3v) is 3.56. The number of rotatable bonds is 7. The summed E-state index contributed by atoms with van der Waals surface area (Å²) < 4.78 is 10.3. The third kappa shape index (κ3) is 7.16. The monoisotopic (exact) mass is 456 g/mol. The maximum atomic E-state index is 5.16. The van der Waals surface area contributed by atoms with E-state index in [4.69, 9.17) is 9.47 Å². The highest BCUT2D eigenvalue weighted by molar-refractivity contribution is 14.0. The van der Waals surface area contributed by atoms with Crippen LogP contribution in [0.5, 0.6) is 11.6 Å². The first-order valence-electron chi connectivity index (χ1n) is 7.81. The van der Waals surface area contributed by atoms with Crippen molar-refractivity contribution in [2.75, 3.05) is 27.8 Å². The van der Waals surface area contributed by atoms with Crippen molar-refractivity contribution in [1.82, 2.24) is 15.6 Å². The predicted molar refractivity (Wildman–Crippen MR) is 111 cm³/mol. The summed E-state index contributed by atoms with van der Waals surface area (Å²) in [6.07, 6.45) is 2.64. The molecule has 0 aliphatic heterocycles. The molecule has 0 aliphatic rings. The first kappa shape index (κ1) is 21.0. The standard InChI is InChI=1S/C18H24N4O2.HI/c1-19-18(22-13-15-9-10-20-17(12-15)24-3)21-11-8-14-4-6-16(23-2)7-5-14;/h4-7,9-10,12H,8,11,13H2,1-3H3,(H2,19,21,22);1H. The van der Waals surface area contributed by atoms with E-state index in [9.17, 15) is 0 Å². The number of nitrogens with zero attached hydrogens (tertiary/aromatic N) is 2. The SMILES string of the molecule is CN=C(NCCc1ccc(OC)cc1)NCc1ccnc(OC)c1.I.